The van der Waals surface area contributed by atoms with E-state index < -0.39 is 0 Å². The Labute approximate surface area is 198 Å². The summed E-state index contributed by atoms with van der Waals surface area (Å²) in [6, 6.07) is 12.0. The molecule has 4 nitrogen and oxygen atoms in total. The highest BCUT2D eigenvalue weighted by Crippen LogP contribution is 2.31. The topological polar surface area (TPSA) is 55.7 Å². The average Bonchev–Trinajstić information content (AvgIpc) is 2.79. The molecule has 1 aliphatic carbocycles. The highest BCUT2D eigenvalue weighted by molar-refractivity contribution is 6.32. The lowest BCUT2D eigenvalue weighted by Crippen LogP contribution is -2.40. The molecule has 5 heteroatoms. The maximum atomic E-state index is 10.1. The molecule has 0 unspecified atom stereocenters. The normalized spacial score (nSPS) is 15.8. The molecule has 2 aromatic rings. The van der Waals surface area contributed by atoms with Crippen molar-refractivity contribution in [3.05, 3.63) is 58.1 Å². The second-order valence-corrected chi connectivity index (χ2v) is 9.45. The summed E-state index contributed by atoms with van der Waals surface area (Å²) in [5.41, 5.74) is 3.65. The van der Waals surface area contributed by atoms with E-state index >= 15 is 0 Å². The van der Waals surface area contributed by atoms with Crippen LogP contribution in [0.1, 0.15) is 62.1 Å². The third-order valence-corrected chi connectivity index (χ3v) is 6.91. The van der Waals surface area contributed by atoms with Gasteiger partial charge in [-0.3, -0.25) is 0 Å². The molecule has 0 aliphatic heterocycles. The maximum absolute atomic E-state index is 10.1. The molecule has 0 saturated carbocycles. The quantitative estimate of drug-likeness (QED) is 0.336. The van der Waals surface area contributed by atoms with Crippen LogP contribution in [0, 0.1) is 0 Å². The zero-order chi connectivity index (χ0) is 22.8. The molecule has 0 bridgehead atoms. The van der Waals surface area contributed by atoms with Gasteiger partial charge in [0.15, 0.2) is 0 Å². The van der Waals surface area contributed by atoms with Gasteiger partial charge in [0.25, 0.3) is 0 Å². The Morgan fingerprint density at radius 3 is 2.66 bits per heavy atom. The van der Waals surface area contributed by atoms with Gasteiger partial charge in [0.2, 0.25) is 0 Å². The zero-order valence-electron chi connectivity index (χ0n) is 19.5. The number of aromatic hydroxyl groups is 2. The summed E-state index contributed by atoms with van der Waals surface area (Å²) in [5.74, 6) is 0.622. The average molecular weight is 459 g/mol. The largest absolute Gasteiger partial charge is 0.508 e. The van der Waals surface area contributed by atoms with Crippen LogP contribution in [0.3, 0.4) is 0 Å². The number of nitrogens with zero attached hydrogens (tertiary/aromatic N) is 1. The van der Waals surface area contributed by atoms with Crippen LogP contribution in [-0.2, 0) is 19.3 Å². The lowest BCUT2D eigenvalue weighted by atomic mass is 9.86. The number of unbranched alkanes of at least 4 members (excludes halogenated alkanes) is 3. The molecule has 0 fully saturated rings. The van der Waals surface area contributed by atoms with E-state index in [4.69, 9.17) is 11.6 Å². The van der Waals surface area contributed by atoms with E-state index in [1.165, 1.54) is 56.3 Å². The highest BCUT2D eigenvalue weighted by atomic mass is 35.5. The first-order valence-electron chi connectivity index (χ1n) is 12.3. The summed E-state index contributed by atoms with van der Waals surface area (Å²) in [6.45, 7) is 6.61. The third-order valence-electron chi connectivity index (χ3n) is 6.61. The Bertz CT molecular complexity index is 842. The number of hydrogen-bond donors (Lipinski definition) is 3. The molecule has 1 atom stereocenters. The standard InChI is InChI=1S/C27H39ClN2O2/c1-2-17-30(23-11-12-24-22(20-23)8-7-9-26(24)31)18-6-4-3-5-15-29-16-14-21-10-13-27(32)25(28)19-21/h7-10,13,19,23,29,31-32H,2-6,11-12,14-18,20H2,1H3/t23-/m0/s1. The summed E-state index contributed by atoms with van der Waals surface area (Å²) in [6.07, 6.45) is 10.3. The van der Waals surface area contributed by atoms with E-state index in [0.29, 0.717) is 16.8 Å². The van der Waals surface area contributed by atoms with Crippen LogP contribution < -0.4 is 5.32 Å². The Morgan fingerprint density at radius 1 is 1.00 bits per heavy atom. The van der Waals surface area contributed by atoms with Crippen molar-refractivity contribution >= 4 is 11.6 Å². The van der Waals surface area contributed by atoms with Crippen molar-refractivity contribution in [1.82, 2.24) is 10.2 Å². The second-order valence-electron chi connectivity index (χ2n) is 9.05. The summed E-state index contributed by atoms with van der Waals surface area (Å²) in [7, 11) is 0. The van der Waals surface area contributed by atoms with Crippen molar-refractivity contribution in [1.29, 1.82) is 0 Å². The van der Waals surface area contributed by atoms with Crippen LogP contribution in [0.2, 0.25) is 5.02 Å². The van der Waals surface area contributed by atoms with Gasteiger partial charge in [-0.1, -0.05) is 49.6 Å². The Morgan fingerprint density at radius 2 is 1.84 bits per heavy atom. The predicted molar refractivity (Wildman–Crippen MR) is 134 cm³/mol. The van der Waals surface area contributed by atoms with Gasteiger partial charge < -0.3 is 20.4 Å². The monoisotopic (exact) mass is 458 g/mol. The molecular formula is C27H39ClN2O2. The van der Waals surface area contributed by atoms with Crippen molar-refractivity contribution < 1.29 is 10.2 Å². The number of phenolic OH excluding ortho intramolecular Hbond substituents is 2. The number of benzene rings is 2. The first-order chi connectivity index (χ1) is 15.6. The summed E-state index contributed by atoms with van der Waals surface area (Å²) < 4.78 is 0. The van der Waals surface area contributed by atoms with E-state index in [1.807, 2.05) is 24.3 Å². The number of hydrogen-bond acceptors (Lipinski definition) is 4. The van der Waals surface area contributed by atoms with Gasteiger partial charge in [0.05, 0.1) is 5.02 Å². The Kier molecular flexibility index (Phi) is 10.2. The smallest absolute Gasteiger partial charge is 0.134 e. The van der Waals surface area contributed by atoms with Crippen molar-refractivity contribution in [2.24, 2.45) is 0 Å². The van der Waals surface area contributed by atoms with E-state index in [0.717, 1.165) is 44.3 Å². The van der Waals surface area contributed by atoms with Gasteiger partial charge in [-0.05, 0) is 106 Å². The Balaban J connectivity index is 1.28. The SMILES string of the molecule is CCCN(CCCCCCNCCc1ccc(O)c(Cl)c1)[C@H]1CCc2c(O)cccc2C1. The van der Waals surface area contributed by atoms with Crippen LogP contribution in [-0.4, -0.2) is 47.3 Å². The van der Waals surface area contributed by atoms with Gasteiger partial charge in [0.1, 0.15) is 11.5 Å². The van der Waals surface area contributed by atoms with Crippen LogP contribution in [0.4, 0.5) is 0 Å². The Hall–Kier alpha value is -1.75. The summed E-state index contributed by atoms with van der Waals surface area (Å²) in [5, 5.41) is 23.5. The number of halogens is 1. The van der Waals surface area contributed by atoms with E-state index in [9.17, 15) is 10.2 Å². The summed E-state index contributed by atoms with van der Waals surface area (Å²) in [4.78, 5) is 2.69. The fourth-order valence-corrected chi connectivity index (χ4v) is 5.03. The van der Waals surface area contributed by atoms with Crippen molar-refractivity contribution in [3.8, 4) is 11.5 Å². The lowest BCUT2D eigenvalue weighted by molar-refractivity contribution is 0.175. The fraction of sp³-hybridized carbons (Fsp3) is 0.556. The van der Waals surface area contributed by atoms with E-state index in [2.05, 4.69) is 23.2 Å². The molecule has 176 valence electrons. The second kappa shape index (κ2) is 13.1. The molecule has 0 spiro atoms. The van der Waals surface area contributed by atoms with E-state index in [-0.39, 0.29) is 5.75 Å². The molecule has 3 N–H and O–H groups in total. The first-order valence-corrected chi connectivity index (χ1v) is 12.7. The minimum Gasteiger partial charge on any atom is -0.508 e. The number of rotatable bonds is 13. The first kappa shape index (κ1) is 24.9. The molecule has 0 amide bonds. The van der Waals surface area contributed by atoms with E-state index in [1.54, 1.807) is 6.07 Å². The molecule has 0 aromatic heterocycles. The van der Waals surface area contributed by atoms with Crippen molar-refractivity contribution in [3.63, 3.8) is 0 Å². The number of nitrogens with one attached hydrogen (secondary N) is 1. The molecule has 0 radical (unpaired) electrons. The van der Waals surface area contributed by atoms with Crippen LogP contribution in [0.25, 0.3) is 0 Å². The highest BCUT2D eigenvalue weighted by Gasteiger charge is 2.24. The summed E-state index contributed by atoms with van der Waals surface area (Å²) >= 11 is 5.96. The predicted octanol–water partition coefficient (Wildman–Crippen LogP) is 5.71. The van der Waals surface area contributed by atoms with Crippen LogP contribution in [0.15, 0.2) is 36.4 Å². The van der Waals surface area contributed by atoms with Gasteiger partial charge in [-0.2, -0.15) is 0 Å². The van der Waals surface area contributed by atoms with Gasteiger partial charge >= 0.3 is 0 Å². The van der Waals surface area contributed by atoms with Gasteiger partial charge in [-0.25, -0.2) is 0 Å². The maximum Gasteiger partial charge on any atom is 0.134 e. The molecule has 1 aliphatic rings. The lowest BCUT2D eigenvalue weighted by Gasteiger charge is -2.35. The van der Waals surface area contributed by atoms with Crippen molar-refractivity contribution in [2.75, 3.05) is 26.2 Å². The fourth-order valence-electron chi connectivity index (χ4n) is 4.83. The van der Waals surface area contributed by atoms with Crippen LogP contribution in [0.5, 0.6) is 11.5 Å². The van der Waals surface area contributed by atoms with Gasteiger partial charge in [-0.15, -0.1) is 0 Å². The molecular weight excluding hydrogens is 420 g/mol. The minimum atomic E-state index is 0.147. The molecule has 0 saturated heterocycles. The van der Waals surface area contributed by atoms with Crippen LogP contribution >= 0.6 is 11.6 Å². The molecule has 3 rings (SSSR count). The minimum absolute atomic E-state index is 0.147. The number of fused-ring (bicyclic) bond motifs is 1. The molecule has 0 heterocycles. The third kappa shape index (κ3) is 7.40. The van der Waals surface area contributed by atoms with Gasteiger partial charge in [0, 0.05) is 6.04 Å². The molecule has 32 heavy (non-hydrogen) atoms. The van der Waals surface area contributed by atoms with Crippen molar-refractivity contribution in [2.45, 2.75) is 70.8 Å². The molecule has 2 aromatic carbocycles. The zero-order valence-corrected chi connectivity index (χ0v) is 20.2. The number of phenols is 2.